The maximum absolute atomic E-state index is 9.84. The van der Waals surface area contributed by atoms with E-state index in [1.165, 1.54) is 0 Å². The first kappa shape index (κ1) is 19.6. The van der Waals surface area contributed by atoms with E-state index in [1.54, 1.807) is 0 Å². The van der Waals surface area contributed by atoms with Crippen molar-refractivity contribution in [2.75, 3.05) is 13.2 Å². The summed E-state index contributed by atoms with van der Waals surface area (Å²) in [4.78, 5) is 9.30. The van der Waals surface area contributed by atoms with Crippen molar-refractivity contribution in [2.45, 2.75) is 38.1 Å². The Labute approximate surface area is 170 Å². The van der Waals surface area contributed by atoms with Crippen LogP contribution in [0.2, 0.25) is 0 Å². The molecule has 0 spiro atoms. The molecule has 4 rings (SSSR count). The summed E-state index contributed by atoms with van der Waals surface area (Å²) < 4.78 is 12.4. The molecular weight excluding hydrogens is 368 g/mol. The number of aliphatic imine (C=N–C) groups is 2. The van der Waals surface area contributed by atoms with Gasteiger partial charge < -0.3 is 19.7 Å². The van der Waals surface area contributed by atoms with Crippen LogP contribution in [0, 0.1) is 5.41 Å². The molecule has 0 aromatic heterocycles. The van der Waals surface area contributed by atoms with E-state index in [-0.39, 0.29) is 37.5 Å². The first-order valence-corrected chi connectivity index (χ1v) is 9.86. The van der Waals surface area contributed by atoms with Gasteiger partial charge in [0.15, 0.2) is 11.8 Å². The maximum Gasteiger partial charge on any atom is 0.199 e. The van der Waals surface area contributed by atoms with Crippen LogP contribution >= 0.6 is 0 Å². The molecule has 0 saturated carbocycles. The highest BCUT2D eigenvalue weighted by Gasteiger charge is 2.46. The third-order valence-corrected chi connectivity index (χ3v) is 5.44. The van der Waals surface area contributed by atoms with Gasteiger partial charge in [-0.15, -0.1) is 0 Å². The Morgan fingerprint density at radius 3 is 1.45 bits per heavy atom. The minimum Gasteiger partial charge on any atom is -0.470 e. The van der Waals surface area contributed by atoms with Crippen molar-refractivity contribution in [3.05, 3.63) is 71.8 Å². The van der Waals surface area contributed by atoms with Gasteiger partial charge in [-0.1, -0.05) is 60.7 Å². The monoisotopic (exact) mass is 394 g/mol. The molecule has 0 bridgehead atoms. The number of ether oxygens (including phenoxy) is 2. The number of hydrogen-bond donors (Lipinski definition) is 2. The lowest BCUT2D eigenvalue weighted by molar-refractivity contribution is 0.131. The molecule has 6 heteroatoms. The molecular formula is C23H26N2O4. The Hall–Kier alpha value is -2.70. The van der Waals surface area contributed by atoms with Crippen LogP contribution in [-0.4, -0.2) is 47.3 Å². The Kier molecular flexibility index (Phi) is 5.39. The Bertz CT molecular complexity index is 822. The van der Waals surface area contributed by atoms with Crippen LogP contribution in [-0.2, 0) is 9.47 Å². The molecule has 2 aliphatic heterocycles. The van der Waals surface area contributed by atoms with Crippen LogP contribution < -0.4 is 0 Å². The van der Waals surface area contributed by atoms with E-state index < -0.39 is 5.41 Å². The largest absolute Gasteiger partial charge is 0.470 e. The average Bonchev–Trinajstić information content (AvgIpc) is 3.40. The van der Waals surface area contributed by atoms with Crippen LogP contribution in [0.3, 0.4) is 0 Å². The zero-order valence-electron chi connectivity index (χ0n) is 16.6. The van der Waals surface area contributed by atoms with Gasteiger partial charge in [-0.25, -0.2) is 9.98 Å². The lowest BCUT2D eigenvalue weighted by Gasteiger charge is -2.26. The molecule has 0 fully saturated rings. The van der Waals surface area contributed by atoms with E-state index in [1.807, 2.05) is 74.5 Å². The predicted octanol–water partition coefficient (Wildman–Crippen LogP) is 3.07. The molecule has 0 aliphatic carbocycles. The fourth-order valence-electron chi connectivity index (χ4n) is 3.74. The van der Waals surface area contributed by atoms with E-state index in [0.29, 0.717) is 11.8 Å². The molecule has 0 radical (unpaired) electrons. The standard InChI is InChI=1S/C23H26N2O4/c1-23(2,21-24-17(13-26)19(28-21)15-9-5-3-6-10-15)22-25-18(14-27)20(29-22)16-11-7-4-8-12-16/h3-12,17-20,26-27H,13-14H2,1-2H3/t17-,18-,19-,20-/m0/s1. The number of nitrogens with zero attached hydrogens (tertiary/aromatic N) is 2. The number of benzene rings is 2. The van der Waals surface area contributed by atoms with Crippen molar-refractivity contribution in [3.63, 3.8) is 0 Å². The Balaban J connectivity index is 1.58. The molecule has 4 atom stereocenters. The van der Waals surface area contributed by atoms with Crippen molar-refractivity contribution >= 4 is 11.8 Å². The average molecular weight is 394 g/mol. The van der Waals surface area contributed by atoms with Crippen LogP contribution in [0.4, 0.5) is 0 Å². The third-order valence-electron chi connectivity index (χ3n) is 5.44. The summed E-state index contributed by atoms with van der Waals surface area (Å²) in [5.74, 6) is 0.962. The van der Waals surface area contributed by atoms with Crippen molar-refractivity contribution in [1.29, 1.82) is 0 Å². The quantitative estimate of drug-likeness (QED) is 0.789. The number of hydrogen-bond acceptors (Lipinski definition) is 6. The van der Waals surface area contributed by atoms with E-state index in [4.69, 9.17) is 9.47 Å². The van der Waals surface area contributed by atoms with Crippen molar-refractivity contribution in [1.82, 2.24) is 0 Å². The van der Waals surface area contributed by atoms with E-state index in [9.17, 15) is 10.2 Å². The summed E-state index contributed by atoms with van der Waals surface area (Å²) in [5, 5.41) is 19.7. The Morgan fingerprint density at radius 1 is 0.724 bits per heavy atom. The van der Waals surface area contributed by atoms with Crippen molar-refractivity contribution in [2.24, 2.45) is 15.4 Å². The first-order valence-electron chi connectivity index (χ1n) is 9.86. The van der Waals surface area contributed by atoms with E-state index >= 15 is 0 Å². The highest BCUT2D eigenvalue weighted by molar-refractivity contribution is 6.05. The third kappa shape index (κ3) is 3.66. The molecule has 2 aromatic rings. The lowest BCUT2D eigenvalue weighted by atomic mass is 9.93. The Morgan fingerprint density at radius 2 is 1.10 bits per heavy atom. The second-order valence-corrected chi connectivity index (χ2v) is 7.89. The van der Waals surface area contributed by atoms with Gasteiger partial charge >= 0.3 is 0 Å². The SMILES string of the molecule is CC(C)(C1=N[C@@H](CO)[C@H](c2ccccc2)O1)C1=N[C@@H](CO)[C@H](c2ccccc2)O1. The summed E-state index contributed by atoms with van der Waals surface area (Å²) >= 11 is 0. The molecule has 2 heterocycles. The second-order valence-electron chi connectivity index (χ2n) is 7.89. The zero-order valence-corrected chi connectivity index (χ0v) is 16.6. The summed E-state index contributed by atoms with van der Waals surface area (Å²) in [5.41, 5.74) is 1.20. The first-order chi connectivity index (χ1) is 14.0. The predicted molar refractivity (Wildman–Crippen MR) is 111 cm³/mol. The highest BCUT2D eigenvalue weighted by atomic mass is 16.5. The number of aliphatic hydroxyl groups is 2. The smallest absolute Gasteiger partial charge is 0.199 e. The topological polar surface area (TPSA) is 83.6 Å². The molecule has 0 amide bonds. The maximum atomic E-state index is 9.84. The van der Waals surface area contributed by atoms with E-state index in [0.717, 1.165) is 11.1 Å². The van der Waals surface area contributed by atoms with Gasteiger partial charge in [0.05, 0.1) is 13.2 Å². The number of rotatable bonds is 6. The molecule has 2 aliphatic rings. The van der Waals surface area contributed by atoms with E-state index in [2.05, 4.69) is 9.98 Å². The van der Waals surface area contributed by atoms with Gasteiger partial charge in [0.1, 0.15) is 29.7 Å². The van der Waals surface area contributed by atoms with Crippen molar-refractivity contribution in [3.8, 4) is 0 Å². The highest BCUT2D eigenvalue weighted by Crippen LogP contribution is 2.40. The van der Waals surface area contributed by atoms with Crippen LogP contribution in [0.15, 0.2) is 70.6 Å². The lowest BCUT2D eigenvalue weighted by Crippen LogP contribution is -2.34. The normalized spacial score (nSPS) is 26.5. The van der Waals surface area contributed by atoms with Crippen LogP contribution in [0.5, 0.6) is 0 Å². The molecule has 2 aromatic carbocycles. The van der Waals surface area contributed by atoms with Gasteiger partial charge in [-0.3, -0.25) is 0 Å². The molecule has 6 nitrogen and oxygen atoms in total. The van der Waals surface area contributed by atoms with Gasteiger partial charge in [0, 0.05) is 0 Å². The zero-order chi connectivity index (χ0) is 20.4. The summed E-state index contributed by atoms with van der Waals surface area (Å²) in [7, 11) is 0. The van der Waals surface area contributed by atoms with Gasteiger partial charge in [0.25, 0.3) is 0 Å². The summed E-state index contributed by atoms with van der Waals surface area (Å²) in [6, 6.07) is 18.8. The molecule has 0 saturated heterocycles. The molecule has 0 unspecified atom stereocenters. The molecule has 2 N–H and O–H groups in total. The fraction of sp³-hybridized carbons (Fsp3) is 0.391. The van der Waals surface area contributed by atoms with Crippen LogP contribution in [0.25, 0.3) is 0 Å². The molecule has 29 heavy (non-hydrogen) atoms. The fourth-order valence-corrected chi connectivity index (χ4v) is 3.74. The van der Waals surface area contributed by atoms with Gasteiger partial charge in [0.2, 0.25) is 0 Å². The second kappa shape index (κ2) is 7.97. The van der Waals surface area contributed by atoms with Crippen molar-refractivity contribution < 1.29 is 19.7 Å². The van der Waals surface area contributed by atoms with Crippen LogP contribution in [0.1, 0.15) is 37.2 Å². The summed E-state index contributed by atoms with van der Waals surface area (Å²) in [6.07, 6.45) is -0.702. The molecule has 152 valence electrons. The summed E-state index contributed by atoms with van der Waals surface area (Å²) in [6.45, 7) is 3.65. The minimum absolute atomic E-state index is 0.113. The minimum atomic E-state index is -0.728. The van der Waals surface area contributed by atoms with Gasteiger partial charge in [-0.05, 0) is 25.0 Å². The van der Waals surface area contributed by atoms with Gasteiger partial charge in [-0.2, -0.15) is 0 Å². The number of aliphatic hydroxyl groups excluding tert-OH is 2.